The van der Waals surface area contributed by atoms with Gasteiger partial charge in [-0.05, 0) is 45.7 Å². The van der Waals surface area contributed by atoms with E-state index in [1.807, 2.05) is 6.07 Å². The number of carbonyl (C=O) groups excluding carboxylic acids is 2. The van der Waals surface area contributed by atoms with Crippen LogP contribution in [-0.4, -0.2) is 79.4 Å². The Balaban J connectivity index is 1.61. The number of carbonyl (C=O) groups is 2. The van der Waals surface area contributed by atoms with Crippen LogP contribution in [0.2, 0.25) is 0 Å². The summed E-state index contributed by atoms with van der Waals surface area (Å²) in [5.41, 5.74) is -0.490. The summed E-state index contributed by atoms with van der Waals surface area (Å²) in [4.78, 5) is 28.7. The first kappa shape index (κ1) is 24.0. The first-order valence-electron chi connectivity index (χ1n) is 10.8. The lowest BCUT2D eigenvalue weighted by Gasteiger charge is -2.38. The summed E-state index contributed by atoms with van der Waals surface area (Å²) in [7, 11) is -3.81. The molecule has 1 unspecified atom stereocenters. The predicted octanol–water partition coefficient (Wildman–Crippen LogP) is 2.04. The van der Waals surface area contributed by atoms with Crippen molar-refractivity contribution in [2.45, 2.75) is 44.1 Å². The van der Waals surface area contributed by atoms with E-state index in [-0.39, 0.29) is 48.5 Å². The maximum atomic E-state index is 13.1. The Morgan fingerprint density at radius 3 is 2.34 bits per heavy atom. The van der Waals surface area contributed by atoms with E-state index in [0.717, 1.165) is 6.42 Å². The molecule has 0 aliphatic carbocycles. The average Bonchev–Trinajstić information content (AvgIpc) is 2.77. The van der Waals surface area contributed by atoms with Gasteiger partial charge in [0, 0.05) is 39.3 Å². The van der Waals surface area contributed by atoms with Gasteiger partial charge in [-0.3, -0.25) is 4.79 Å². The Labute approximate surface area is 189 Å². The van der Waals surface area contributed by atoms with Crippen molar-refractivity contribution in [3.05, 3.63) is 29.8 Å². The topological polar surface area (TPSA) is 111 Å². The Kier molecular flexibility index (Phi) is 7.10. The minimum Gasteiger partial charge on any atom is -0.444 e. The largest absolute Gasteiger partial charge is 0.444 e. The molecule has 9 nitrogen and oxygen atoms in total. The van der Waals surface area contributed by atoms with Crippen LogP contribution in [0, 0.1) is 17.2 Å². The fourth-order valence-corrected chi connectivity index (χ4v) is 5.57. The molecule has 0 aromatic heterocycles. The van der Waals surface area contributed by atoms with Crippen LogP contribution in [0.15, 0.2) is 29.2 Å². The Hall–Kier alpha value is -2.64. The van der Waals surface area contributed by atoms with E-state index < -0.39 is 21.7 Å². The van der Waals surface area contributed by atoms with Crippen LogP contribution >= 0.6 is 0 Å². The Morgan fingerprint density at radius 2 is 1.72 bits per heavy atom. The monoisotopic (exact) mass is 462 g/mol. The normalized spacial score (nSPS) is 20.5. The molecule has 2 saturated heterocycles. The molecule has 1 aromatic carbocycles. The summed E-state index contributed by atoms with van der Waals surface area (Å²) in [6.07, 6.45) is 0.989. The molecule has 2 fully saturated rings. The van der Waals surface area contributed by atoms with Gasteiger partial charge in [0.15, 0.2) is 0 Å². The first-order chi connectivity index (χ1) is 15.0. The molecule has 3 rings (SSSR count). The zero-order chi connectivity index (χ0) is 23.5. The molecule has 10 heteroatoms. The molecule has 0 radical (unpaired) electrons. The second-order valence-corrected chi connectivity index (χ2v) is 11.0. The van der Waals surface area contributed by atoms with Crippen LogP contribution < -0.4 is 0 Å². The molecule has 0 spiro atoms. The minimum atomic E-state index is -3.81. The third kappa shape index (κ3) is 5.40. The van der Waals surface area contributed by atoms with Gasteiger partial charge in [-0.1, -0.05) is 12.1 Å². The van der Waals surface area contributed by atoms with Crippen LogP contribution in [0.4, 0.5) is 4.79 Å². The van der Waals surface area contributed by atoms with Gasteiger partial charge < -0.3 is 14.5 Å². The van der Waals surface area contributed by atoms with Crippen molar-refractivity contribution in [3.8, 4) is 6.07 Å². The highest BCUT2D eigenvalue weighted by atomic mass is 32.2. The molecule has 1 atom stereocenters. The highest BCUT2D eigenvalue weighted by Gasteiger charge is 2.36. The third-order valence-electron chi connectivity index (χ3n) is 5.60. The number of rotatable bonds is 3. The summed E-state index contributed by atoms with van der Waals surface area (Å²) in [6.45, 7) is 7.16. The third-order valence-corrected chi connectivity index (χ3v) is 7.55. The van der Waals surface area contributed by atoms with Crippen molar-refractivity contribution in [3.63, 3.8) is 0 Å². The van der Waals surface area contributed by atoms with Crippen molar-refractivity contribution < 1.29 is 22.7 Å². The molecule has 174 valence electrons. The molecule has 32 heavy (non-hydrogen) atoms. The number of hydrogen-bond acceptors (Lipinski definition) is 6. The molecule has 2 aliphatic heterocycles. The summed E-state index contributed by atoms with van der Waals surface area (Å²) >= 11 is 0. The van der Waals surface area contributed by atoms with E-state index in [0.29, 0.717) is 19.5 Å². The zero-order valence-corrected chi connectivity index (χ0v) is 19.6. The van der Waals surface area contributed by atoms with Gasteiger partial charge in [-0.15, -0.1) is 0 Å². The van der Waals surface area contributed by atoms with E-state index in [1.165, 1.54) is 16.4 Å². The highest BCUT2D eigenvalue weighted by molar-refractivity contribution is 7.89. The SMILES string of the molecule is CC(C)(C)OC(=O)N1CCCC(C(=O)N2CCN(S(=O)(=O)c3ccccc3C#N)CC2)C1. The Morgan fingerprint density at radius 1 is 1.06 bits per heavy atom. The van der Waals surface area contributed by atoms with Crippen LogP contribution in [0.1, 0.15) is 39.2 Å². The first-order valence-corrected chi connectivity index (χ1v) is 12.2. The number of sulfonamides is 1. The predicted molar refractivity (Wildman–Crippen MR) is 117 cm³/mol. The number of piperazine rings is 1. The van der Waals surface area contributed by atoms with E-state index in [1.54, 1.807) is 42.7 Å². The van der Waals surface area contributed by atoms with Crippen molar-refractivity contribution in [1.29, 1.82) is 5.26 Å². The smallest absolute Gasteiger partial charge is 0.410 e. The fraction of sp³-hybridized carbons (Fsp3) is 0.591. The van der Waals surface area contributed by atoms with Crippen LogP contribution in [0.3, 0.4) is 0 Å². The van der Waals surface area contributed by atoms with Gasteiger partial charge in [-0.2, -0.15) is 9.57 Å². The quantitative estimate of drug-likeness (QED) is 0.680. The van der Waals surface area contributed by atoms with Gasteiger partial charge in [0.05, 0.1) is 16.4 Å². The second kappa shape index (κ2) is 9.46. The van der Waals surface area contributed by atoms with E-state index in [9.17, 15) is 23.3 Å². The number of nitriles is 1. The van der Waals surface area contributed by atoms with Gasteiger partial charge in [0.1, 0.15) is 11.7 Å². The molecule has 2 heterocycles. The minimum absolute atomic E-state index is 0.0115. The van der Waals surface area contributed by atoms with Gasteiger partial charge in [0.2, 0.25) is 15.9 Å². The fourth-order valence-electron chi connectivity index (χ4n) is 4.00. The summed E-state index contributed by atoms with van der Waals surface area (Å²) in [5.74, 6) is -0.383. The lowest BCUT2D eigenvalue weighted by molar-refractivity contribution is -0.138. The maximum Gasteiger partial charge on any atom is 0.410 e. The molecule has 2 aliphatic rings. The number of amides is 2. The van der Waals surface area contributed by atoms with Crippen LogP contribution in [-0.2, 0) is 19.6 Å². The lowest BCUT2D eigenvalue weighted by atomic mass is 9.96. The van der Waals surface area contributed by atoms with E-state index in [4.69, 9.17) is 4.74 Å². The van der Waals surface area contributed by atoms with Gasteiger partial charge >= 0.3 is 6.09 Å². The van der Waals surface area contributed by atoms with Crippen molar-refractivity contribution in [1.82, 2.24) is 14.1 Å². The molecule has 0 bridgehead atoms. The number of ether oxygens (including phenoxy) is 1. The highest BCUT2D eigenvalue weighted by Crippen LogP contribution is 2.24. The maximum absolute atomic E-state index is 13.1. The van der Waals surface area contributed by atoms with Gasteiger partial charge in [0.25, 0.3) is 0 Å². The number of hydrogen-bond donors (Lipinski definition) is 0. The number of likely N-dealkylation sites (tertiary alicyclic amines) is 1. The standard InChI is InChI=1S/C22H30N4O5S/c1-22(2,3)31-21(28)25-10-6-8-18(16-25)20(27)24-11-13-26(14-12-24)32(29,30)19-9-5-4-7-17(19)15-23/h4-5,7,9,18H,6,8,10-14,16H2,1-3H3. The number of benzene rings is 1. The summed E-state index contributed by atoms with van der Waals surface area (Å²) < 4.78 is 32.7. The summed E-state index contributed by atoms with van der Waals surface area (Å²) in [5, 5.41) is 9.24. The molecule has 0 saturated carbocycles. The van der Waals surface area contributed by atoms with Crippen molar-refractivity contribution >= 4 is 22.0 Å². The van der Waals surface area contributed by atoms with Crippen molar-refractivity contribution in [2.75, 3.05) is 39.3 Å². The number of nitrogens with zero attached hydrogens (tertiary/aromatic N) is 4. The lowest BCUT2D eigenvalue weighted by Crippen LogP contribution is -2.54. The van der Waals surface area contributed by atoms with Crippen LogP contribution in [0.25, 0.3) is 0 Å². The second-order valence-electron chi connectivity index (χ2n) is 9.10. The van der Waals surface area contributed by atoms with E-state index >= 15 is 0 Å². The number of piperidine rings is 1. The molecule has 0 N–H and O–H groups in total. The molecule has 2 amide bonds. The van der Waals surface area contributed by atoms with Crippen LogP contribution in [0.5, 0.6) is 0 Å². The zero-order valence-electron chi connectivity index (χ0n) is 18.8. The molecular formula is C22H30N4O5S. The van der Waals surface area contributed by atoms with Gasteiger partial charge in [-0.25, -0.2) is 13.2 Å². The molecule has 1 aromatic rings. The average molecular weight is 463 g/mol. The Bertz CT molecular complexity index is 1000. The van der Waals surface area contributed by atoms with Crippen molar-refractivity contribution in [2.24, 2.45) is 5.92 Å². The summed E-state index contributed by atoms with van der Waals surface area (Å²) in [6, 6.07) is 8.05. The molecular weight excluding hydrogens is 432 g/mol. The van der Waals surface area contributed by atoms with E-state index in [2.05, 4.69) is 0 Å².